The van der Waals surface area contributed by atoms with Gasteiger partial charge in [-0.15, -0.1) is 0 Å². The van der Waals surface area contributed by atoms with Crippen molar-refractivity contribution in [1.29, 1.82) is 0 Å². The molecule has 7 nitrogen and oxygen atoms in total. The number of amides is 1. The van der Waals surface area contributed by atoms with Crippen molar-refractivity contribution >= 4 is 5.91 Å². The lowest BCUT2D eigenvalue weighted by Gasteiger charge is -2.32. The highest BCUT2D eigenvalue weighted by Gasteiger charge is 2.21. The van der Waals surface area contributed by atoms with Crippen LogP contribution >= 0.6 is 0 Å². The summed E-state index contributed by atoms with van der Waals surface area (Å²) in [7, 11) is 1.72. The largest absolute Gasteiger partial charge is 0.383 e. The summed E-state index contributed by atoms with van der Waals surface area (Å²) in [6.45, 7) is 7.62. The Bertz CT molecular complexity index is 733. The second-order valence-electron chi connectivity index (χ2n) is 6.83. The molecule has 3 heterocycles. The van der Waals surface area contributed by atoms with Gasteiger partial charge in [-0.25, -0.2) is 9.67 Å². The zero-order valence-corrected chi connectivity index (χ0v) is 15.7. The minimum absolute atomic E-state index is 0.0623. The van der Waals surface area contributed by atoms with Crippen LogP contribution < -0.4 is 5.32 Å². The van der Waals surface area contributed by atoms with Crippen LogP contribution in [0.2, 0.25) is 0 Å². The number of nitrogens with one attached hydrogen (secondary N) is 1. The van der Waals surface area contributed by atoms with Crippen LogP contribution in [0.5, 0.6) is 0 Å². The number of likely N-dealkylation sites (tertiary alicyclic amines) is 1. The van der Waals surface area contributed by atoms with Gasteiger partial charge in [0, 0.05) is 44.7 Å². The molecule has 0 aromatic carbocycles. The van der Waals surface area contributed by atoms with Crippen molar-refractivity contribution in [1.82, 2.24) is 25.0 Å². The number of methoxy groups -OCH3 is 1. The first-order valence-electron chi connectivity index (χ1n) is 9.08. The van der Waals surface area contributed by atoms with E-state index < -0.39 is 0 Å². The maximum Gasteiger partial charge on any atom is 0.253 e. The van der Waals surface area contributed by atoms with Crippen molar-refractivity contribution in [2.75, 3.05) is 33.4 Å². The predicted molar refractivity (Wildman–Crippen MR) is 99.6 cm³/mol. The Morgan fingerprint density at radius 1 is 1.31 bits per heavy atom. The summed E-state index contributed by atoms with van der Waals surface area (Å²) in [6, 6.07) is 5.86. The SMILES string of the molecule is COCCN1CCC(NC(=O)c2ccc(-n3nc(C)cc3C)nc2)CC1. The number of hydrogen-bond acceptors (Lipinski definition) is 5. The van der Waals surface area contributed by atoms with Gasteiger partial charge in [-0.2, -0.15) is 5.10 Å². The normalized spacial score (nSPS) is 16.0. The summed E-state index contributed by atoms with van der Waals surface area (Å²) < 4.78 is 6.90. The van der Waals surface area contributed by atoms with Crippen LogP contribution in [0.4, 0.5) is 0 Å². The molecular formula is C19H27N5O2. The Balaban J connectivity index is 1.55. The van der Waals surface area contributed by atoms with Gasteiger partial charge in [-0.05, 0) is 44.9 Å². The van der Waals surface area contributed by atoms with E-state index in [4.69, 9.17) is 4.74 Å². The Morgan fingerprint density at radius 2 is 2.08 bits per heavy atom. The van der Waals surface area contributed by atoms with Crippen LogP contribution in [0.15, 0.2) is 24.4 Å². The first-order chi connectivity index (χ1) is 12.6. The molecular weight excluding hydrogens is 330 g/mol. The van der Waals surface area contributed by atoms with E-state index in [9.17, 15) is 4.79 Å². The van der Waals surface area contributed by atoms with Gasteiger partial charge in [-0.3, -0.25) is 4.79 Å². The Labute approximate surface area is 154 Å². The first-order valence-corrected chi connectivity index (χ1v) is 9.08. The average Bonchev–Trinajstić information content (AvgIpc) is 2.99. The van der Waals surface area contributed by atoms with E-state index in [0.717, 1.165) is 56.3 Å². The summed E-state index contributed by atoms with van der Waals surface area (Å²) >= 11 is 0. The Morgan fingerprint density at radius 3 is 2.65 bits per heavy atom. The number of piperidine rings is 1. The molecule has 0 radical (unpaired) electrons. The van der Waals surface area contributed by atoms with Crippen molar-refractivity contribution in [3.05, 3.63) is 41.3 Å². The van der Waals surface area contributed by atoms with Crippen LogP contribution in [0.25, 0.3) is 5.82 Å². The molecule has 0 atom stereocenters. The molecule has 26 heavy (non-hydrogen) atoms. The summed E-state index contributed by atoms with van der Waals surface area (Å²) in [5.41, 5.74) is 2.55. The fraction of sp³-hybridized carbons (Fsp3) is 0.526. The molecule has 1 saturated heterocycles. The fourth-order valence-electron chi connectivity index (χ4n) is 3.30. The van der Waals surface area contributed by atoms with Crippen molar-refractivity contribution < 1.29 is 9.53 Å². The second kappa shape index (κ2) is 8.42. The van der Waals surface area contributed by atoms with Crippen LogP contribution in [0.3, 0.4) is 0 Å². The van der Waals surface area contributed by atoms with E-state index in [-0.39, 0.29) is 11.9 Å². The third kappa shape index (κ3) is 4.47. The van der Waals surface area contributed by atoms with E-state index in [1.54, 1.807) is 18.0 Å². The van der Waals surface area contributed by atoms with Gasteiger partial charge in [0.25, 0.3) is 5.91 Å². The van der Waals surface area contributed by atoms with E-state index in [0.29, 0.717) is 5.56 Å². The molecule has 7 heteroatoms. The van der Waals surface area contributed by atoms with Crippen molar-refractivity contribution in [3.63, 3.8) is 0 Å². The number of aromatic nitrogens is 3. The molecule has 2 aromatic heterocycles. The quantitative estimate of drug-likeness (QED) is 0.852. The van der Waals surface area contributed by atoms with Gasteiger partial charge >= 0.3 is 0 Å². The van der Waals surface area contributed by atoms with Gasteiger partial charge in [0.1, 0.15) is 0 Å². The lowest BCUT2D eigenvalue weighted by atomic mass is 10.0. The van der Waals surface area contributed by atoms with Crippen molar-refractivity contribution in [2.24, 2.45) is 0 Å². The summed E-state index contributed by atoms with van der Waals surface area (Å²) in [6.07, 6.45) is 3.55. The second-order valence-corrected chi connectivity index (χ2v) is 6.83. The topological polar surface area (TPSA) is 72.3 Å². The highest BCUT2D eigenvalue weighted by Crippen LogP contribution is 2.13. The molecule has 3 rings (SSSR count). The number of hydrogen-bond donors (Lipinski definition) is 1. The van der Waals surface area contributed by atoms with Gasteiger partial charge in [-0.1, -0.05) is 0 Å². The van der Waals surface area contributed by atoms with Crippen LogP contribution in [-0.2, 0) is 4.74 Å². The third-order valence-electron chi connectivity index (χ3n) is 4.77. The predicted octanol–water partition coefficient (Wildman–Crippen LogP) is 1.72. The monoisotopic (exact) mass is 357 g/mol. The smallest absolute Gasteiger partial charge is 0.253 e. The highest BCUT2D eigenvalue weighted by molar-refractivity contribution is 5.94. The molecule has 1 aliphatic heterocycles. The maximum atomic E-state index is 12.5. The molecule has 140 valence electrons. The minimum atomic E-state index is -0.0623. The van der Waals surface area contributed by atoms with Crippen LogP contribution in [0, 0.1) is 13.8 Å². The average molecular weight is 357 g/mol. The number of carbonyl (C=O) groups is 1. The fourth-order valence-corrected chi connectivity index (χ4v) is 3.30. The lowest BCUT2D eigenvalue weighted by Crippen LogP contribution is -2.45. The third-order valence-corrected chi connectivity index (χ3v) is 4.77. The molecule has 2 aromatic rings. The molecule has 0 saturated carbocycles. The van der Waals surface area contributed by atoms with Gasteiger partial charge in [0.15, 0.2) is 5.82 Å². The summed E-state index contributed by atoms with van der Waals surface area (Å²) in [5.74, 6) is 0.659. The number of rotatable bonds is 6. The molecule has 0 spiro atoms. The molecule has 1 amide bonds. The van der Waals surface area contributed by atoms with Gasteiger partial charge < -0.3 is 15.0 Å². The van der Waals surface area contributed by atoms with Gasteiger partial charge in [0.2, 0.25) is 0 Å². The summed E-state index contributed by atoms with van der Waals surface area (Å²) in [5, 5.41) is 7.54. The highest BCUT2D eigenvalue weighted by atomic mass is 16.5. The van der Waals surface area contributed by atoms with Crippen molar-refractivity contribution in [2.45, 2.75) is 32.7 Å². The lowest BCUT2D eigenvalue weighted by molar-refractivity contribution is 0.0892. The number of ether oxygens (including phenoxy) is 1. The molecule has 0 bridgehead atoms. The van der Waals surface area contributed by atoms with E-state index in [1.807, 2.05) is 32.0 Å². The van der Waals surface area contributed by atoms with Crippen LogP contribution in [-0.4, -0.2) is 65.0 Å². The zero-order valence-electron chi connectivity index (χ0n) is 15.7. The van der Waals surface area contributed by atoms with E-state index in [2.05, 4.69) is 20.3 Å². The Kier molecular flexibility index (Phi) is 6.00. The summed E-state index contributed by atoms with van der Waals surface area (Å²) in [4.78, 5) is 19.3. The zero-order chi connectivity index (χ0) is 18.5. The molecule has 0 unspecified atom stereocenters. The standard InChI is InChI=1S/C19H27N5O2/c1-14-12-15(2)24(22-14)18-5-4-16(13-20-18)19(25)21-17-6-8-23(9-7-17)10-11-26-3/h4-5,12-13,17H,6-11H2,1-3H3,(H,21,25). The maximum absolute atomic E-state index is 12.5. The number of carbonyl (C=O) groups excluding carboxylic acids is 1. The molecule has 1 fully saturated rings. The molecule has 1 N–H and O–H groups in total. The molecule has 0 aliphatic carbocycles. The first kappa shape index (κ1) is 18.5. The van der Waals surface area contributed by atoms with E-state index in [1.165, 1.54) is 0 Å². The van der Waals surface area contributed by atoms with E-state index >= 15 is 0 Å². The molecule has 1 aliphatic rings. The van der Waals surface area contributed by atoms with Crippen molar-refractivity contribution in [3.8, 4) is 5.82 Å². The minimum Gasteiger partial charge on any atom is -0.383 e. The van der Waals surface area contributed by atoms with Crippen LogP contribution in [0.1, 0.15) is 34.6 Å². The number of pyridine rings is 1. The Hall–Kier alpha value is -2.25. The number of nitrogens with zero attached hydrogens (tertiary/aromatic N) is 4. The number of aryl methyl sites for hydroxylation is 2. The van der Waals surface area contributed by atoms with Gasteiger partial charge in [0.05, 0.1) is 17.9 Å².